The minimum Gasteiger partial charge on any atom is -0.507 e. The number of aromatic nitrogens is 1. The van der Waals surface area contributed by atoms with Crippen LogP contribution in [0.5, 0.6) is 0 Å². The van der Waals surface area contributed by atoms with Crippen LogP contribution >= 0.6 is 0 Å². The van der Waals surface area contributed by atoms with Gasteiger partial charge in [0.2, 0.25) is 0 Å². The van der Waals surface area contributed by atoms with Gasteiger partial charge in [-0.05, 0) is 67.4 Å². The Balaban J connectivity index is 1.76. The molecule has 1 atom stereocenters. The number of carbonyl (C=O) groups is 3. The van der Waals surface area contributed by atoms with E-state index in [1.165, 1.54) is 29.3 Å². The molecular weight excluding hydrogens is 451 g/mol. The second-order valence-electron chi connectivity index (χ2n) is 8.06. The van der Waals surface area contributed by atoms with E-state index in [0.29, 0.717) is 22.4 Å². The molecule has 1 fully saturated rings. The average molecular weight is 474 g/mol. The number of amides is 1. The third-order valence-electron chi connectivity index (χ3n) is 5.76. The van der Waals surface area contributed by atoms with Gasteiger partial charge in [0.25, 0.3) is 11.7 Å². The Morgan fingerprint density at radius 3 is 2.43 bits per heavy atom. The van der Waals surface area contributed by atoms with Gasteiger partial charge in [-0.2, -0.15) is 0 Å². The number of pyridine rings is 1. The number of halogens is 1. The molecule has 0 radical (unpaired) electrons. The molecule has 1 aliphatic heterocycles. The summed E-state index contributed by atoms with van der Waals surface area (Å²) in [7, 11) is 0. The average Bonchev–Trinajstić information content (AvgIpc) is 3.11. The van der Waals surface area contributed by atoms with Crippen LogP contribution in [0, 0.1) is 12.7 Å². The van der Waals surface area contributed by atoms with Gasteiger partial charge in [0.1, 0.15) is 17.6 Å². The van der Waals surface area contributed by atoms with Crippen molar-refractivity contribution >= 4 is 23.4 Å². The highest BCUT2D eigenvalue weighted by molar-refractivity contribution is 6.46. The number of ketones is 1. The smallest absolute Gasteiger partial charge is 0.338 e. The molecule has 0 saturated carbocycles. The number of aliphatic hydroxyl groups excluding tert-OH is 1. The Kier molecular flexibility index (Phi) is 6.73. The number of nitrogens with zero attached hydrogens (tertiary/aromatic N) is 2. The molecule has 0 spiro atoms. The lowest BCUT2D eigenvalue weighted by Crippen LogP contribution is -2.29. The molecule has 35 heavy (non-hydrogen) atoms. The van der Waals surface area contributed by atoms with Gasteiger partial charge in [-0.3, -0.25) is 14.6 Å². The number of benzene rings is 2. The normalized spacial score (nSPS) is 17.0. The van der Waals surface area contributed by atoms with Gasteiger partial charge in [-0.15, -0.1) is 0 Å². The first kappa shape index (κ1) is 23.8. The minimum atomic E-state index is -0.953. The highest BCUT2D eigenvalue weighted by Gasteiger charge is 2.46. The molecule has 178 valence electrons. The Bertz CT molecular complexity index is 1320. The summed E-state index contributed by atoms with van der Waals surface area (Å²) in [5.74, 6) is -2.96. The van der Waals surface area contributed by atoms with Crippen molar-refractivity contribution in [3.8, 4) is 0 Å². The highest BCUT2D eigenvalue weighted by Crippen LogP contribution is 2.39. The molecule has 1 saturated heterocycles. The number of hydrogen-bond donors (Lipinski definition) is 1. The molecule has 1 amide bonds. The van der Waals surface area contributed by atoms with Crippen LogP contribution < -0.4 is 0 Å². The van der Waals surface area contributed by atoms with Gasteiger partial charge in [-0.25, -0.2) is 9.18 Å². The Morgan fingerprint density at radius 2 is 1.80 bits per heavy atom. The van der Waals surface area contributed by atoms with Crippen LogP contribution in [0.3, 0.4) is 0 Å². The van der Waals surface area contributed by atoms with E-state index in [9.17, 15) is 23.9 Å². The van der Waals surface area contributed by atoms with E-state index in [1.54, 1.807) is 56.3 Å². The topological polar surface area (TPSA) is 96.8 Å². The molecule has 2 heterocycles. The first-order valence-electron chi connectivity index (χ1n) is 11.0. The maximum absolute atomic E-state index is 13.8. The second kappa shape index (κ2) is 9.89. The summed E-state index contributed by atoms with van der Waals surface area (Å²) < 4.78 is 18.8. The number of rotatable bonds is 6. The number of aliphatic hydroxyl groups is 1. The van der Waals surface area contributed by atoms with E-state index in [4.69, 9.17) is 4.74 Å². The van der Waals surface area contributed by atoms with E-state index in [0.717, 1.165) is 0 Å². The SMILES string of the molecule is CCOC(=O)c1ccc(CN2C(=O)C(=O)/C(=C(\O)c3ccc(F)c(C)c3)C2c2ccccn2)cc1. The van der Waals surface area contributed by atoms with E-state index < -0.39 is 35.3 Å². The molecule has 0 bridgehead atoms. The largest absolute Gasteiger partial charge is 0.507 e. The number of Topliss-reactive ketones (excluding diaryl/α,β-unsaturated/α-hetero) is 1. The molecule has 1 aromatic heterocycles. The number of hydrogen-bond acceptors (Lipinski definition) is 6. The van der Waals surface area contributed by atoms with E-state index in [2.05, 4.69) is 4.98 Å². The first-order chi connectivity index (χ1) is 16.8. The van der Waals surface area contributed by atoms with Crippen LogP contribution in [0.15, 0.2) is 72.4 Å². The zero-order valence-corrected chi connectivity index (χ0v) is 19.2. The third-order valence-corrected chi connectivity index (χ3v) is 5.76. The fourth-order valence-electron chi connectivity index (χ4n) is 3.99. The van der Waals surface area contributed by atoms with E-state index in [-0.39, 0.29) is 24.3 Å². The molecule has 1 unspecified atom stereocenters. The van der Waals surface area contributed by atoms with Crippen LogP contribution in [-0.4, -0.2) is 39.3 Å². The van der Waals surface area contributed by atoms with Gasteiger partial charge in [0.05, 0.1) is 23.4 Å². The maximum atomic E-state index is 13.8. The van der Waals surface area contributed by atoms with E-state index in [1.807, 2.05) is 0 Å². The first-order valence-corrected chi connectivity index (χ1v) is 11.0. The molecule has 7 nitrogen and oxygen atoms in total. The van der Waals surface area contributed by atoms with Gasteiger partial charge in [0, 0.05) is 18.3 Å². The van der Waals surface area contributed by atoms with Crippen LogP contribution in [0.2, 0.25) is 0 Å². The molecule has 4 rings (SSSR count). The van der Waals surface area contributed by atoms with Crippen molar-refractivity contribution in [2.75, 3.05) is 6.61 Å². The summed E-state index contributed by atoms with van der Waals surface area (Å²) in [4.78, 5) is 43.8. The molecule has 0 aliphatic carbocycles. The van der Waals surface area contributed by atoms with Gasteiger partial charge in [-0.1, -0.05) is 18.2 Å². The Labute approximate surface area is 201 Å². The lowest BCUT2D eigenvalue weighted by molar-refractivity contribution is -0.140. The van der Waals surface area contributed by atoms with Crippen molar-refractivity contribution in [2.45, 2.75) is 26.4 Å². The summed E-state index contributed by atoms with van der Waals surface area (Å²) in [6.07, 6.45) is 1.53. The summed E-state index contributed by atoms with van der Waals surface area (Å²) >= 11 is 0. The van der Waals surface area contributed by atoms with Crippen molar-refractivity contribution in [3.05, 3.63) is 106 Å². The quantitative estimate of drug-likeness (QED) is 0.247. The van der Waals surface area contributed by atoms with E-state index >= 15 is 0 Å². The molecule has 3 aromatic rings. The highest BCUT2D eigenvalue weighted by atomic mass is 19.1. The van der Waals surface area contributed by atoms with Gasteiger partial charge in [0.15, 0.2) is 0 Å². The molecule has 1 N–H and O–H groups in total. The zero-order chi connectivity index (χ0) is 25.1. The number of carbonyl (C=O) groups excluding carboxylic acids is 3. The predicted molar refractivity (Wildman–Crippen MR) is 126 cm³/mol. The second-order valence-corrected chi connectivity index (χ2v) is 8.06. The van der Waals surface area contributed by atoms with Crippen molar-refractivity contribution in [3.63, 3.8) is 0 Å². The molecule has 1 aliphatic rings. The monoisotopic (exact) mass is 474 g/mol. The summed E-state index contributed by atoms with van der Waals surface area (Å²) in [6, 6.07) is 14.6. The number of aryl methyl sites for hydroxylation is 1. The predicted octanol–water partition coefficient (Wildman–Crippen LogP) is 4.33. The van der Waals surface area contributed by atoms with Crippen molar-refractivity contribution in [1.82, 2.24) is 9.88 Å². The summed E-state index contributed by atoms with van der Waals surface area (Å²) in [5.41, 5.74) is 1.82. The lowest BCUT2D eigenvalue weighted by Gasteiger charge is -2.24. The van der Waals surface area contributed by atoms with Crippen LogP contribution in [0.1, 0.15) is 45.7 Å². The zero-order valence-electron chi connectivity index (χ0n) is 19.2. The fourth-order valence-corrected chi connectivity index (χ4v) is 3.99. The number of ether oxygens (including phenoxy) is 1. The van der Waals surface area contributed by atoms with Crippen molar-refractivity contribution in [1.29, 1.82) is 0 Å². The number of esters is 1. The Hall–Kier alpha value is -4.33. The summed E-state index contributed by atoms with van der Waals surface area (Å²) in [6.45, 7) is 3.55. The van der Waals surface area contributed by atoms with Gasteiger partial charge < -0.3 is 14.7 Å². The Morgan fingerprint density at radius 1 is 1.09 bits per heavy atom. The molecular formula is C27H23FN2O5. The molecule has 8 heteroatoms. The van der Waals surface area contributed by atoms with Crippen molar-refractivity contribution in [2.24, 2.45) is 0 Å². The maximum Gasteiger partial charge on any atom is 0.338 e. The van der Waals surface area contributed by atoms with Crippen LogP contribution in [-0.2, 0) is 20.9 Å². The third kappa shape index (κ3) is 4.68. The lowest BCUT2D eigenvalue weighted by atomic mass is 9.97. The van der Waals surface area contributed by atoms with Crippen molar-refractivity contribution < 1.29 is 28.6 Å². The van der Waals surface area contributed by atoms with Crippen LogP contribution in [0.25, 0.3) is 5.76 Å². The van der Waals surface area contributed by atoms with Crippen LogP contribution in [0.4, 0.5) is 4.39 Å². The fraction of sp³-hybridized carbons (Fsp3) is 0.185. The number of likely N-dealkylation sites (tertiary alicyclic amines) is 1. The minimum absolute atomic E-state index is 0.0359. The van der Waals surface area contributed by atoms with Gasteiger partial charge >= 0.3 is 5.97 Å². The standard InChI is InChI=1S/C27H23FN2O5/c1-3-35-27(34)18-9-7-17(8-10-18)15-30-23(21-6-4-5-13-29-21)22(25(32)26(30)33)24(31)19-11-12-20(28)16(2)14-19/h4-14,23,31H,3,15H2,1-2H3/b24-22-. The molecule has 2 aromatic carbocycles. The summed E-state index contributed by atoms with van der Waals surface area (Å²) in [5, 5.41) is 11.1.